The maximum atomic E-state index is 12.6. The molecule has 21 heavy (non-hydrogen) atoms. The molecule has 0 aromatic carbocycles. The molecular formula is C15H17N3O3. The van der Waals surface area contributed by atoms with Gasteiger partial charge in [-0.3, -0.25) is 4.79 Å². The van der Waals surface area contributed by atoms with E-state index in [1.165, 1.54) is 7.11 Å². The third-order valence-corrected chi connectivity index (χ3v) is 3.82. The molecule has 0 bridgehead atoms. The molecule has 1 fully saturated rings. The third kappa shape index (κ3) is 2.49. The Hall–Kier alpha value is -2.37. The minimum Gasteiger partial charge on any atom is -0.467 e. The van der Waals surface area contributed by atoms with E-state index < -0.39 is 6.04 Å². The van der Waals surface area contributed by atoms with Crippen molar-refractivity contribution in [2.45, 2.75) is 25.3 Å². The number of hydrogen-bond donors (Lipinski definition) is 0. The van der Waals surface area contributed by atoms with Crippen molar-refractivity contribution < 1.29 is 14.3 Å². The highest BCUT2D eigenvalue weighted by atomic mass is 16.5. The molecule has 0 spiro atoms. The van der Waals surface area contributed by atoms with Crippen molar-refractivity contribution in [2.24, 2.45) is 0 Å². The lowest BCUT2D eigenvalue weighted by molar-refractivity contribution is -0.147. The normalized spacial score (nSPS) is 18.7. The molecule has 3 rings (SSSR count). The molecule has 0 N–H and O–H groups in total. The Morgan fingerprint density at radius 2 is 2.19 bits per heavy atom. The van der Waals surface area contributed by atoms with Crippen LogP contribution in [0.4, 0.5) is 0 Å². The molecule has 1 aliphatic heterocycles. The Morgan fingerprint density at radius 3 is 2.95 bits per heavy atom. The zero-order valence-corrected chi connectivity index (χ0v) is 11.9. The molecule has 6 nitrogen and oxygen atoms in total. The van der Waals surface area contributed by atoms with Gasteiger partial charge in [-0.1, -0.05) is 6.07 Å². The summed E-state index contributed by atoms with van der Waals surface area (Å²) in [6, 6.07) is 5.08. The number of rotatable bonds is 2. The van der Waals surface area contributed by atoms with Gasteiger partial charge in [0.25, 0.3) is 5.91 Å². The van der Waals surface area contributed by atoms with Crippen molar-refractivity contribution in [3.63, 3.8) is 0 Å². The van der Waals surface area contributed by atoms with Crippen molar-refractivity contribution >= 4 is 17.5 Å². The average molecular weight is 287 g/mol. The van der Waals surface area contributed by atoms with Crippen LogP contribution < -0.4 is 0 Å². The lowest BCUT2D eigenvalue weighted by Crippen LogP contribution is -2.48. The molecule has 0 aliphatic carbocycles. The fourth-order valence-electron chi connectivity index (χ4n) is 2.74. The van der Waals surface area contributed by atoms with Crippen LogP contribution in [0.5, 0.6) is 0 Å². The number of carbonyl (C=O) groups is 2. The fraction of sp³-hybridized carbons (Fsp3) is 0.400. The summed E-state index contributed by atoms with van der Waals surface area (Å²) >= 11 is 0. The van der Waals surface area contributed by atoms with Crippen molar-refractivity contribution in [1.29, 1.82) is 0 Å². The molecule has 3 heterocycles. The van der Waals surface area contributed by atoms with Crippen LogP contribution in [0.3, 0.4) is 0 Å². The summed E-state index contributed by atoms with van der Waals surface area (Å²) in [6.07, 6.45) is 6.00. The van der Waals surface area contributed by atoms with Crippen molar-refractivity contribution in [2.75, 3.05) is 13.7 Å². The number of piperidine rings is 1. The van der Waals surface area contributed by atoms with Crippen LogP contribution in [0.25, 0.3) is 5.65 Å². The van der Waals surface area contributed by atoms with Crippen LogP contribution in [0, 0.1) is 0 Å². The van der Waals surface area contributed by atoms with E-state index in [9.17, 15) is 9.59 Å². The molecule has 1 unspecified atom stereocenters. The maximum Gasteiger partial charge on any atom is 0.328 e. The first-order valence-corrected chi connectivity index (χ1v) is 7.03. The van der Waals surface area contributed by atoms with Gasteiger partial charge in [0, 0.05) is 18.9 Å². The average Bonchev–Trinajstić information content (AvgIpc) is 2.97. The lowest BCUT2D eigenvalue weighted by Gasteiger charge is -2.33. The summed E-state index contributed by atoms with van der Waals surface area (Å²) in [5.41, 5.74) is 1.07. The minimum absolute atomic E-state index is 0.214. The number of hydrogen-bond acceptors (Lipinski definition) is 4. The van der Waals surface area contributed by atoms with Crippen LogP contribution in [0.15, 0.2) is 30.6 Å². The summed E-state index contributed by atoms with van der Waals surface area (Å²) < 4.78 is 6.60. The molecule has 6 heteroatoms. The quantitative estimate of drug-likeness (QED) is 0.785. The van der Waals surface area contributed by atoms with Gasteiger partial charge >= 0.3 is 5.97 Å². The highest BCUT2D eigenvalue weighted by Crippen LogP contribution is 2.20. The van der Waals surface area contributed by atoms with Crippen LogP contribution in [0.2, 0.25) is 0 Å². The second-order valence-corrected chi connectivity index (χ2v) is 5.13. The minimum atomic E-state index is -0.499. The number of likely N-dealkylation sites (tertiary alicyclic amines) is 1. The monoisotopic (exact) mass is 287 g/mol. The van der Waals surface area contributed by atoms with Crippen LogP contribution >= 0.6 is 0 Å². The van der Waals surface area contributed by atoms with Crippen molar-refractivity contribution in [3.8, 4) is 0 Å². The van der Waals surface area contributed by atoms with Crippen LogP contribution in [0.1, 0.15) is 29.8 Å². The zero-order valence-electron chi connectivity index (χ0n) is 11.9. The van der Waals surface area contributed by atoms with E-state index in [0.29, 0.717) is 24.3 Å². The van der Waals surface area contributed by atoms with Gasteiger partial charge in [-0.15, -0.1) is 0 Å². The van der Waals surface area contributed by atoms with E-state index in [0.717, 1.165) is 12.8 Å². The number of esters is 1. The number of aromatic nitrogens is 2. The number of amides is 1. The number of carbonyl (C=O) groups excluding carboxylic acids is 2. The Labute approximate surface area is 122 Å². The second-order valence-electron chi connectivity index (χ2n) is 5.13. The van der Waals surface area contributed by atoms with Gasteiger partial charge < -0.3 is 14.0 Å². The van der Waals surface area contributed by atoms with Gasteiger partial charge in [-0.05, 0) is 31.4 Å². The first-order valence-electron chi connectivity index (χ1n) is 7.03. The Bertz CT molecular complexity index is 647. The van der Waals surface area contributed by atoms with Gasteiger partial charge in [-0.2, -0.15) is 0 Å². The molecule has 1 aliphatic rings. The third-order valence-electron chi connectivity index (χ3n) is 3.82. The van der Waals surface area contributed by atoms with Gasteiger partial charge in [-0.25, -0.2) is 9.78 Å². The van der Waals surface area contributed by atoms with Gasteiger partial charge in [0.05, 0.1) is 7.11 Å². The molecule has 0 saturated carbocycles. The second kappa shape index (κ2) is 5.55. The number of fused-ring (bicyclic) bond motifs is 1. The SMILES string of the molecule is COC(=O)C1CCCCN1C(=O)c1cn2ccccc2n1. The van der Waals surface area contributed by atoms with Gasteiger partial charge in [0.2, 0.25) is 0 Å². The Kier molecular flexibility index (Phi) is 3.60. The van der Waals surface area contributed by atoms with Crippen molar-refractivity contribution in [3.05, 3.63) is 36.3 Å². The fourth-order valence-corrected chi connectivity index (χ4v) is 2.74. The molecule has 1 amide bonds. The summed E-state index contributed by atoms with van der Waals surface area (Å²) in [7, 11) is 1.35. The standard InChI is InChI=1S/C15H17N3O3/c1-21-15(20)12-6-2-5-9-18(12)14(19)11-10-17-8-4-3-7-13(17)16-11/h3-4,7-8,10,12H,2,5-6,9H2,1H3. The molecule has 0 radical (unpaired) electrons. The van der Waals surface area contributed by atoms with E-state index in [1.807, 2.05) is 24.4 Å². The van der Waals surface area contributed by atoms with Gasteiger partial charge in [0.15, 0.2) is 0 Å². The van der Waals surface area contributed by atoms with Gasteiger partial charge in [0.1, 0.15) is 17.4 Å². The first kappa shape index (κ1) is 13.6. The predicted molar refractivity (Wildman–Crippen MR) is 75.9 cm³/mol. The Balaban J connectivity index is 1.90. The van der Waals surface area contributed by atoms with E-state index in [2.05, 4.69) is 4.98 Å². The van der Waals surface area contributed by atoms with Crippen LogP contribution in [-0.4, -0.2) is 45.9 Å². The molecule has 2 aromatic rings. The topological polar surface area (TPSA) is 63.9 Å². The summed E-state index contributed by atoms with van der Waals surface area (Å²) in [5, 5.41) is 0. The summed E-state index contributed by atoms with van der Waals surface area (Å²) in [4.78, 5) is 30.4. The Morgan fingerprint density at radius 1 is 1.33 bits per heavy atom. The number of imidazole rings is 1. The molecule has 1 atom stereocenters. The number of methoxy groups -OCH3 is 1. The molecule has 110 valence electrons. The van der Waals surface area contributed by atoms with Crippen LogP contribution in [-0.2, 0) is 9.53 Å². The number of ether oxygens (including phenoxy) is 1. The van der Waals surface area contributed by atoms with E-state index in [-0.39, 0.29) is 11.9 Å². The largest absolute Gasteiger partial charge is 0.467 e. The molecule has 1 saturated heterocycles. The maximum absolute atomic E-state index is 12.6. The highest BCUT2D eigenvalue weighted by Gasteiger charge is 2.34. The first-order chi connectivity index (χ1) is 10.2. The van der Waals surface area contributed by atoms with E-state index in [1.54, 1.807) is 15.5 Å². The smallest absolute Gasteiger partial charge is 0.328 e. The predicted octanol–water partition coefficient (Wildman–Crippen LogP) is 1.50. The summed E-state index contributed by atoms with van der Waals surface area (Å²) in [6.45, 7) is 0.562. The summed E-state index contributed by atoms with van der Waals surface area (Å²) in [5.74, 6) is -0.569. The molecular weight excluding hydrogens is 270 g/mol. The van der Waals surface area contributed by atoms with E-state index >= 15 is 0 Å². The lowest BCUT2D eigenvalue weighted by atomic mass is 10.0. The highest BCUT2D eigenvalue weighted by molar-refractivity contribution is 5.95. The number of nitrogens with zero attached hydrogens (tertiary/aromatic N) is 3. The van der Waals surface area contributed by atoms with Crippen molar-refractivity contribution in [1.82, 2.24) is 14.3 Å². The zero-order chi connectivity index (χ0) is 14.8. The molecule has 2 aromatic heterocycles. The number of pyridine rings is 1. The van der Waals surface area contributed by atoms with E-state index in [4.69, 9.17) is 4.74 Å².